The van der Waals surface area contributed by atoms with Crippen LogP contribution in [0.1, 0.15) is 79.1 Å². The number of hydrogen-bond donors (Lipinski definition) is 0. The first-order valence-electron chi connectivity index (χ1n) is 8.71. The molecule has 19 heavy (non-hydrogen) atoms. The van der Waals surface area contributed by atoms with Gasteiger partial charge in [-0.2, -0.15) is 11.8 Å². The van der Waals surface area contributed by atoms with Crippen LogP contribution in [0.25, 0.3) is 0 Å². The predicted molar refractivity (Wildman–Crippen MR) is 88.8 cm³/mol. The summed E-state index contributed by atoms with van der Waals surface area (Å²) in [6, 6.07) is 0. The van der Waals surface area contributed by atoms with Gasteiger partial charge in [-0.05, 0) is 75.0 Å². The lowest BCUT2D eigenvalue weighted by atomic mass is 9.81. The lowest BCUT2D eigenvalue weighted by Crippen LogP contribution is -2.25. The van der Waals surface area contributed by atoms with Gasteiger partial charge in [-0.15, -0.1) is 0 Å². The highest BCUT2D eigenvalue weighted by atomic mass is 32.2. The van der Waals surface area contributed by atoms with Crippen molar-refractivity contribution >= 4 is 11.8 Å². The van der Waals surface area contributed by atoms with E-state index in [1.165, 1.54) is 51.4 Å². The number of hydrogen-bond acceptors (Lipinski definition) is 1. The van der Waals surface area contributed by atoms with Crippen LogP contribution in [-0.4, -0.2) is 10.5 Å². The fraction of sp³-hybridized carbons (Fsp3) is 1.00. The van der Waals surface area contributed by atoms with E-state index in [1.54, 1.807) is 0 Å². The van der Waals surface area contributed by atoms with Gasteiger partial charge < -0.3 is 0 Å². The first-order valence-corrected chi connectivity index (χ1v) is 9.66. The van der Waals surface area contributed by atoms with Crippen LogP contribution < -0.4 is 0 Å². The molecule has 1 heteroatoms. The van der Waals surface area contributed by atoms with Crippen molar-refractivity contribution in [2.45, 2.75) is 89.6 Å². The quantitative estimate of drug-likeness (QED) is 0.596. The molecule has 0 aromatic heterocycles. The summed E-state index contributed by atoms with van der Waals surface area (Å²) >= 11 is 2.37. The Bertz CT molecular complexity index is 216. The largest absolute Gasteiger partial charge is 0.155 e. The molecule has 0 saturated heterocycles. The van der Waals surface area contributed by atoms with Crippen LogP contribution in [0.2, 0.25) is 0 Å². The molecule has 0 N–H and O–H groups in total. The van der Waals surface area contributed by atoms with Gasteiger partial charge in [-0.25, -0.2) is 0 Å². The fourth-order valence-corrected chi connectivity index (χ4v) is 5.69. The molecule has 0 aromatic carbocycles. The molecule has 0 nitrogen and oxygen atoms in total. The topological polar surface area (TPSA) is 0 Å². The highest BCUT2D eigenvalue weighted by Gasteiger charge is 2.28. The molecule has 2 fully saturated rings. The van der Waals surface area contributed by atoms with Crippen molar-refractivity contribution in [2.75, 3.05) is 0 Å². The average Bonchev–Trinajstić information content (AvgIpc) is 2.40. The summed E-state index contributed by atoms with van der Waals surface area (Å²) in [4.78, 5) is 0. The summed E-state index contributed by atoms with van der Waals surface area (Å²) in [6.45, 7) is 9.63. The van der Waals surface area contributed by atoms with Gasteiger partial charge >= 0.3 is 0 Å². The van der Waals surface area contributed by atoms with Crippen molar-refractivity contribution in [2.24, 2.45) is 23.7 Å². The maximum atomic E-state index is 2.41. The Kier molecular flexibility index (Phi) is 6.11. The third-order valence-corrected chi connectivity index (χ3v) is 7.42. The van der Waals surface area contributed by atoms with E-state index in [9.17, 15) is 0 Å². The molecule has 0 heterocycles. The van der Waals surface area contributed by atoms with E-state index in [-0.39, 0.29) is 0 Å². The van der Waals surface area contributed by atoms with Crippen molar-refractivity contribution in [3.63, 3.8) is 0 Å². The molecule has 0 unspecified atom stereocenters. The Morgan fingerprint density at radius 1 is 0.579 bits per heavy atom. The van der Waals surface area contributed by atoms with E-state index in [0.717, 1.165) is 34.2 Å². The molecule has 0 aliphatic heterocycles. The van der Waals surface area contributed by atoms with Gasteiger partial charge in [0.05, 0.1) is 0 Å². The summed E-state index contributed by atoms with van der Waals surface area (Å²) in [6.07, 6.45) is 12.0. The molecule has 0 atom stereocenters. The second kappa shape index (κ2) is 7.38. The van der Waals surface area contributed by atoms with Gasteiger partial charge in [0.2, 0.25) is 0 Å². The van der Waals surface area contributed by atoms with Crippen LogP contribution in [0.3, 0.4) is 0 Å². The van der Waals surface area contributed by atoms with Gasteiger partial charge in [0.15, 0.2) is 0 Å². The monoisotopic (exact) mass is 282 g/mol. The van der Waals surface area contributed by atoms with Gasteiger partial charge in [-0.3, -0.25) is 0 Å². The second-order valence-corrected chi connectivity index (χ2v) is 9.30. The minimum atomic E-state index is 0.910. The zero-order valence-corrected chi connectivity index (χ0v) is 14.3. The van der Waals surface area contributed by atoms with E-state index >= 15 is 0 Å². The van der Waals surface area contributed by atoms with Crippen LogP contribution in [0, 0.1) is 23.7 Å². The van der Waals surface area contributed by atoms with E-state index < -0.39 is 0 Å². The minimum absolute atomic E-state index is 0.910. The van der Waals surface area contributed by atoms with E-state index in [0.29, 0.717) is 0 Å². The molecule has 0 spiro atoms. The normalized spacial score (nSPS) is 36.9. The maximum Gasteiger partial charge on any atom is 0.00500 e. The summed E-state index contributed by atoms with van der Waals surface area (Å²) in [5, 5.41) is 1.99. The van der Waals surface area contributed by atoms with Gasteiger partial charge in [0.1, 0.15) is 0 Å². The fourth-order valence-electron chi connectivity index (χ4n) is 4.05. The lowest BCUT2D eigenvalue weighted by Gasteiger charge is -2.35. The zero-order valence-electron chi connectivity index (χ0n) is 13.5. The molecule has 0 bridgehead atoms. The van der Waals surface area contributed by atoms with Crippen molar-refractivity contribution < 1.29 is 0 Å². The average molecular weight is 283 g/mol. The Morgan fingerprint density at radius 2 is 0.895 bits per heavy atom. The van der Waals surface area contributed by atoms with E-state index in [2.05, 4.69) is 39.5 Å². The van der Waals surface area contributed by atoms with Gasteiger partial charge in [-0.1, -0.05) is 27.7 Å². The SMILES string of the molecule is CC(C)C1CCC(SC2CCC(C(C)C)CC2)CC1. The summed E-state index contributed by atoms with van der Waals surface area (Å²) in [7, 11) is 0. The van der Waals surface area contributed by atoms with Crippen LogP contribution in [0.4, 0.5) is 0 Å². The first-order chi connectivity index (χ1) is 9.06. The van der Waals surface area contributed by atoms with Crippen LogP contribution in [-0.2, 0) is 0 Å². The third-order valence-electron chi connectivity index (χ3n) is 5.71. The van der Waals surface area contributed by atoms with Crippen LogP contribution in [0.5, 0.6) is 0 Å². The van der Waals surface area contributed by atoms with Crippen LogP contribution >= 0.6 is 11.8 Å². The second-order valence-electron chi connectivity index (χ2n) is 7.70. The first kappa shape index (κ1) is 15.7. The Balaban J connectivity index is 1.67. The molecule has 0 amide bonds. The van der Waals surface area contributed by atoms with Crippen molar-refractivity contribution in [3.05, 3.63) is 0 Å². The van der Waals surface area contributed by atoms with Crippen molar-refractivity contribution in [3.8, 4) is 0 Å². The molecule has 112 valence electrons. The van der Waals surface area contributed by atoms with Crippen LogP contribution in [0.15, 0.2) is 0 Å². The smallest absolute Gasteiger partial charge is 0.00500 e. The molecule has 2 saturated carbocycles. The molecule has 2 aliphatic carbocycles. The summed E-state index contributed by atoms with van der Waals surface area (Å²) in [5.41, 5.74) is 0. The van der Waals surface area contributed by atoms with E-state index in [4.69, 9.17) is 0 Å². The molecular formula is C18H34S. The summed E-state index contributed by atoms with van der Waals surface area (Å²) < 4.78 is 0. The minimum Gasteiger partial charge on any atom is -0.155 e. The Labute approximate surface area is 125 Å². The third kappa shape index (κ3) is 4.69. The van der Waals surface area contributed by atoms with Gasteiger partial charge in [0.25, 0.3) is 0 Å². The zero-order chi connectivity index (χ0) is 13.8. The lowest BCUT2D eigenvalue weighted by molar-refractivity contribution is 0.276. The maximum absolute atomic E-state index is 2.41. The molecule has 2 rings (SSSR count). The molecule has 0 aromatic rings. The highest BCUT2D eigenvalue weighted by molar-refractivity contribution is 8.00. The molecule has 0 radical (unpaired) electrons. The number of rotatable bonds is 4. The standard InChI is InChI=1S/C18H34S/c1-13(2)15-5-9-17(10-6-15)19-18-11-7-16(8-12-18)14(3)4/h13-18H,5-12H2,1-4H3. The van der Waals surface area contributed by atoms with Gasteiger partial charge in [0, 0.05) is 10.5 Å². The van der Waals surface area contributed by atoms with Crippen molar-refractivity contribution in [1.29, 1.82) is 0 Å². The summed E-state index contributed by atoms with van der Waals surface area (Å²) in [5.74, 6) is 3.86. The molecular weight excluding hydrogens is 248 g/mol. The number of thioether (sulfide) groups is 1. The van der Waals surface area contributed by atoms with E-state index in [1.807, 2.05) is 0 Å². The highest BCUT2D eigenvalue weighted by Crippen LogP contribution is 2.42. The predicted octanol–water partition coefficient (Wildman–Crippen LogP) is 6.15. The molecule has 2 aliphatic rings. The Hall–Kier alpha value is 0.350. The Morgan fingerprint density at radius 3 is 1.16 bits per heavy atom. The van der Waals surface area contributed by atoms with Crippen molar-refractivity contribution in [1.82, 2.24) is 0 Å².